The van der Waals surface area contributed by atoms with Crippen molar-refractivity contribution in [1.82, 2.24) is 19.9 Å². The van der Waals surface area contributed by atoms with Crippen LogP contribution in [0.2, 0.25) is 0 Å². The summed E-state index contributed by atoms with van der Waals surface area (Å²) in [4.78, 5) is 26.4. The number of ether oxygens (including phenoxy) is 1. The molecule has 5 rings (SSSR count). The van der Waals surface area contributed by atoms with Crippen LogP contribution in [0.1, 0.15) is 31.4 Å². The number of likely N-dealkylation sites (tertiary alicyclic amines) is 1. The molecule has 0 spiro atoms. The maximum atomic E-state index is 14.5. The summed E-state index contributed by atoms with van der Waals surface area (Å²) in [5.74, 6) is 1.24. The number of hydrogen-bond acceptors (Lipinski definition) is 6. The van der Waals surface area contributed by atoms with E-state index in [2.05, 4.69) is 31.2 Å². The van der Waals surface area contributed by atoms with Crippen molar-refractivity contribution in [2.75, 3.05) is 31.6 Å². The number of H-pyrrole nitrogens is 1. The molecule has 3 aromatic rings. The Bertz CT molecular complexity index is 1120. The van der Waals surface area contributed by atoms with Crippen molar-refractivity contribution in [2.24, 2.45) is 11.8 Å². The summed E-state index contributed by atoms with van der Waals surface area (Å²) < 4.78 is 20.2. The van der Waals surface area contributed by atoms with E-state index in [1.54, 1.807) is 6.07 Å². The van der Waals surface area contributed by atoms with E-state index in [-0.39, 0.29) is 5.39 Å². The molecule has 1 aliphatic heterocycles. The van der Waals surface area contributed by atoms with E-state index < -0.39 is 11.4 Å². The van der Waals surface area contributed by atoms with Crippen LogP contribution in [0.25, 0.3) is 10.9 Å². The highest BCUT2D eigenvalue weighted by atomic mass is 19.1. The van der Waals surface area contributed by atoms with Crippen LogP contribution < -0.4 is 15.6 Å². The number of fused-ring (bicyclic) bond motifs is 1. The van der Waals surface area contributed by atoms with Gasteiger partial charge in [0, 0.05) is 31.4 Å². The van der Waals surface area contributed by atoms with Crippen molar-refractivity contribution in [3.8, 4) is 5.75 Å². The van der Waals surface area contributed by atoms with Crippen LogP contribution in [0.4, 0.5) is 10.3 Å². The highest BCUT2D eigenvalue weighted by Gasteiger charge is 2.23. The van der Waals surface area contributed by atoms with Crippen LogP contribution >= 0.6 is 0 Å². The number of halogens is 1. The highest BCUT2D eigenvalue weighted by Crippen LogP contribution is 2.30. The van der Waals surface area contributed by atoms with Gasteiger partial charge in [0.15, 0.2) is 0 Å². The molecular weight excluding hydrogens is 409 g/mol. The molecule has 168 valence electrons. The molecule has 2 aliphatic rings. The maximum absolute atomic E-state index is 14.5. The zero-order chi connectivity index (χ0) is 21.9. The summed E-state index contributed by atoms with van der Waals surface area (Å²) in [5.41, 5.74) is 0.927. The lowest BCUT2D eigenvalue weighted by Crippen LogP contribution is -2.35. The predicted octanol–water partition coefficient (Wildman–Crippen LogP) is 3.57. The molecule has 0 radical (unpaired) electrons. The fourth-order valence-corrected chi connectivity index (χ4v) is 4.18. The Morgan fingerprint density at radius 3 is 2.75 bits per heavy atom. The van der Waals surface area contributed by atoms with Gasteiger partial charge in [0.2, 0.25) is 5.95 Å². The minimum absolute atomic E-state index is 0.0304. The normalized spacial score (nSPS) is 17.5. The largest absolute Gasteiger partial charge is 0.493 e. The standard InChI is InChI=1S/C24H28FN5O2/c25-20-11-19(32-15-17-4-5-17)12-21-22(20)23(31)29-24(28-21)27-13-16-6-9-30(10-7-16)14-18-3-1-2-8-26-18/h1-3,8,11-12,16-17H,4-7,9-10,13-15H2,(H2,27,28,29,31). The molecule has 2 aromatic heterocycles. The molecule has 1 aromatic carbocycles. The average molecular weight is 438 g/mol. The van der Waals surface area contributed by atoms with Crippen LogP contribution in [0.3, 0.4) is 0 Å². The van der Waals surface area contributed by atoms with Crippen LogP contribution in [0.15, 0.2) is 41.3 Å². The molecule has 2 fully saturated rings. The first-order valence-electron chi connectivity index (χ1n) is 11.4. The van der Waals surface area contributed by atoms with E-state index in [9.17, 15) is 9.18 Å². The summed E-state index contributed by atoms with van der Waals surface area (Å²) in [6.45, 7) is 4.19. The Balaban J connectivity index is 1.19. The molecule has 0 atom stereocenters. The van der Waals surface area contributed by atoms with Crippen LogP contribution in [0.5, 0.6) is 5.75 Å². The van der Waals surface area contributed by atoms with Gasteiger partial charge in [-0.05, 0) is 62.7 Å². The monoisotopic (exact) mass is 437 g/mol. The lowest BCUT2D eigenvalue weighted by Gasteiger charge is -2.31. The van der Waals surface area contributed by atoms with Gasteiger partial charge in [-0.2, -0.15) is 0 Å². The molecule has 32 heavy (non-hydrogen) atoms. The minimum Gasteiger partial charge on any atom is -0.493 e. The number of benzene rings is 1. The van der Waals surface area contributed by atoms with Crippen molar-refractivity contribution < 1.29 is 9.13 Å². The smallest absolute Gasteiger partial charge is 0.263 e. The topological polar surface area (TPSA) is 83.1 Å². The van der Waals surface area contributed by atoms with Crippen molar-refractivity contribution in [1.29, 1.82) is 0 Å². The summed E-state index contributed by atoms with van der Waals surface area (Å²) in [7, 11) is 0. The summed E-state index contributed by atoms with van der Waals surface area (Å²) in [5, 5.41) is 3.22. The zero-order valence-electron chi connectivity index (χ0n) is 18.0. The number of nitrogens with zero attached hydrogens (tertiary/aromatic N) is 3. The Kier molecular flexibility index (Phi) is 6.03. The molecule has 0 unspecified atom stereocenters. The quantitative estimate of drug-likeness (QED) is 0.561. The van der Waals surface area contributed by atoms with Crippen LogP contribution in [-0.4, -0.2) is 46.1 Å². The van der Waals surface area contributed by atoms with E-state index in [1.807, 2.05) is 18.3 Å². The van der Waals surface area contributed by atoms with E-state index in [4.69, 9.17) is 4.74 Å². The molecule has 1 aliphatic carbocycles. The number of hydrogen-bond donors (Lipinski definition) is 2. The molecular formula is C24H28FN5O2. The number of piperidine rings is 1. The van der Waals surface area contributed by atoms with E-state index in [0.717, 1.165) is 51.0 Å². The van der Waals surface area contributed by atoms with E-state index in [1.165, 1.54) is 6.07 Å². The first kappa shape index (κ1) is 20.9. The molecule has 1 saturated carbocycles. The van der Waals surface area contributed by atoms with Crippen LogP contribution in [-0.2, 0) is 6.54 Å². The van der Waals surface area contributed by atoms with Gasteiger partial charge in [-0.3, -0.25) is 19.7 Å². The number of rotatable bonds is 8. The summed E-state index contributed by atoms with van der Waals surface area (Å²) in [6.07, 6.45) is 6.27. The molecule has 3 heterocycles. The number of aromatic nitrogens is 3. The van der Waals surface area contributed by atoms with Gasteiger partial charge >= 0.3 is 0 Å². The SMILES string of the molecule is O=c1[nH]c(NCC2CCN(Cc3ccccn3)CC2)nc2cc(OCC3CC3)cc(F)c12. The second kappa shape index (κ2) is 9.24. The number of aromatic amines is 1. The first-order valence-corrected chi connectivity index (χ1v) is 11.4. The first-order chi connectivity index (χ1) is 15.6. The lowest BCUT2D eigenvalue weighted by atomic mass is 9.97. The Morgan fingerprint density at radius 2 is 2.00 bits per heavy atom. The number of pyridine rings is 1. The second-order valence-electron chi connectivity index (χ2n) is 8.89. The molecule has 0 bridgehead atoms. The Labute approximate surface area is 186 Å². The van der Waals surface area contributed by atoms with Crippen molar-refractivity contribution >= 4 is 16.9 Å². The maximum Gasteiger partial charge on any atom is 0.263 e. The predicted molar refractivity (Wildman–Crippen MR) is 121 cm³/mol. The molecule has 0 amide bonds. The van der Waals surface area contributed by atoms with Gasteiger partial charge in [0.1, 0.15) is 17.0 Å². The summed E-state index contributed by atoms with van der Waals surface area (Å²) in [6, 6.07) is 8.93. The third-order valence-electron chi connectivity index (χ3n) is 6.29. The van der Waals surface area contributed by atoms with Gasteiger partial charge in [0.05, 0.1) is 17.8 Å². The van der Waals surface area contributed by atoms with Gasteiger partial charge in [-0.25, -0.2) is 9.37 Å². The highest BCUT2D eigenvalue weighted by molar-refractivity contribution is 5.80. The third-order valence-corrected chi connectivity index (χ3v) is 6.29. The van der Waals surface area contributed by atoms with Crippen LogP contribution in [0, 0.1) is 17.7 Å². The zero-order valence-corrected chi connectivity index (χ0v) is 18.0. The van der Waals surface area contributed by atoms with Crippen molar-refractivity contribution in [2.45, 2.75) is 32.2 Å². The van der Waals surface area contributed by atoms with Crippen molar-refractivity contribution in [3.05, 3.63) is 58.4 Å². The lowest BCUT2D eigenvalue weighted by molar-refractivity contribution is 0.180. The third kappa shape index (κ3) is 5.07. The van der Waals surface area contributed by atoms with Gasteiger partial charge in [0.25, 0.3) is 5.56 Å². The molecule has 7 nitrogen and oxygen atoms in total. The molecule has 2 N–H and O–H groups in total. The molecule has 8 heteroatoms. The second-order valence-corrected chi connectivity index (χ2v) is 8.89. The Hall–Kier alpha value is -3.00. The van der Waals surface area contributed by atoms with E-state index in [0.29, 0.717) is 42.2 Å². The minimum atomic E-state index is -0.603. The fraction of sp³-hybridized carbons (Fsp3) is 0.458. The summed E-state index contributed by atoms with van der Waals surface area (Å²) >= 11 is 0. The van der Waals surface area contributed by atoms with Crippen molar-refractivity contribution in [3.63, 3.8) is 0 Å². The average Bonchev–Trinajstić information content (AvgIpc) is 3.62. The van der Waals surface area contributed by atoms with Gasteiger partial charge < -0.3 is 10.1 Å². The fourth-order valence-electron chi connectivity index (χ4n) is 4.18. The molecule has 1 saturated heterocycles. The number of anilines is 1. The van der Waals surface area contributed by atoms with Gasteiger partial charge in [-0.15, -0.1) is 0 Å². The Morgan fingerprint density at radius 1 is 1.16 bits per heavy atom. The van der Waals surface area contributed by atoms with E-state index >= 15 is 0 Å². The van der Waals surface area contributed by atoms with Gasteiger partial charge in [-0.1, -0.05) is 6.07 Å². The number of nitrogens with one attached hydrogen (secondary N) is 2.